The lowest BCUT2D eigenvalue weighted by molar-refractivity contribution is -0.114. The van der Waals surface area contributed by atoms with Crippen LogP contribution in [0.5, 0.6) is 5.75 Å². The number of benzene rings is 1. The predicted octanol–water partition coefficient (Wildman–Crippen LogP) is 2.82. The van der Waals surface area contributed by atoms with Gasteiger partial charge < -0.3 is 15.4 Å². The van der Waals surface area contributed by atoms with Crippen LogP contribution in [0.1, 0.15) is 17.4 Å². The number of rotatable bonds is 5. The summed E-state index contributed by atoms with van der Waals surface area (Å²) in [5.41, 5.74) is 1.83. The Hall–Kier alpha value is -3.33. The molecule has 1 aromatic carbocycles. The van der Waals surface area contributed by atoms with Gasteiger partial charge in [0.2, 0.25) is 5.91 Å². The van der Waals surface area contributed by atoms with Gasteiger partial charge in [0.25, 0.3) is 5.91 Å². The normalized spacial score (nSPS) is 10.2. The molecule has 2 heterocycles. The number of thiazole rings is 1. The Morgan fingerprint density at radius 3 is 2.73 bits per heavy atom. The first-order valence-corrected chi connectivity index (χ1v) is 8.43. The van der Waals surface area contributed by atoms with Gasteiger partial charge in [-0.2, -0.15) is 0 Å². The molecule has 3 aromatic rings. The van der Waals surface area contributed by atoms with E-state index in [0.29, 0.717) is 27.8 Å². The summed E-state index contributed by atoms with van der Waals surface area (Å²) < 4.78 is 5.25. The van der Waals surface area contributed by atoms with Gasteiger partial charge in [0.15, 0.2) is 0 Å². The molecule has 26 heavy (non-hydrogen) atoms. The Morgan fingerprint density at radius 2 is 2.04 bits per heavy atom. The molecule has 0 bridgehead atoms. The minimum atomic E-state index is -0.394. The third-order valence-corrected chi connectivity index (χ3v) is 4.15. The van der Waals surface area contributed by atoms with Crippen LogP contribution in [0.15, 0.2) is 42.2 Å². The van der Waals surface area contributed by atoms with E-state index in [0.717, 1.165) is 0 Å². The summed E-state index contributed by atoms with van der Waals surface area (Å²) in [4.78, 5) is 36.2. The Labute approximate surface area is 153 Å². The van der Waals surface area contributed by atoms with Gasteiger partial charge in [0, 0.05) is 30.4 Å². The number of nitrogens with zero attached hydrogens (tertiary/aromatic N) is 3. The first kappa shape index (κ1) is 17.5. The third-order valence-electron chi connectivity index (χ3n) is 3.29. The zero-order valence-corrected chi connectivity index (χ0v) is 14.8. The molecule has 0 unspecified atom stereocenters. The summed E-state index contributed by atoms with van der Waals surface area (Å²) in [6.07, 6.45) is 4.72. The quantitative estimate of drug-likeness (QED) is 0.716. The van der Waals surface area contributed by atoms with Crippen LogP contribution in [0, 0.1) is 0 Å². The van der Waals surface area contributed by atoms with Gasteiger partial charge in [0.1, 0.15) is 22.1 Å². The van der Waals surface area contributed by atoms with Gasteiger partial charge in [-0.25, -0.2) is 4.98 Å². The van der Waals surface area contributed by atoms with Gasteiger partial charge in [-0.05, 0) is 18.2 Å². The number of hydrogen-bond donors (Lipinski definition) is 2. The maximum atomic E-state index is 12.5. The number of anilines is 2. The second kappa shape index (κ2) is 7.70. The lowest BCUT2D eigenvalue weighted by Gasteiger charge is -2.11. The van der Waals surface area contributed by atoms with Crippen molar-refractivity contribution in [1.29, 1.82) is 0 Å². The molecule has 0 saturated carbocycles. The Morgan fingerprint density at radius 1 is 1.19 bits per heavy atom. The number of carbonyl (C=O) groups is 2. The molecule has 0 fully saturated rings. The largest absolute Gasteiger partial charge is 0.495 e. The van der Waals surface area contributed by atoms with E-state index in [1.165, 1.54) is 25.4 Å². The highest BCUT2D eigenvalue weighted by Crippen LogP contribution is 2.29. The van der Waals surface area contributed by atoms with Crippen LogP contribution >= 0.6 is 11.3 Å². The fourth-order valence-corrected chi connectivity index (χ4v) is 2.94. The molecule has 3 rings (SSSR count). The molecular weight excluding hydrogens is 354 g/mol. The lowest BCUT2D eigenvalue weighted by Crippen LogP contribution is -2.14. The first-order valence-electron chi connectivity index (χ1n) is 7.55. The lowest BCUT2D eigenvalue weighted by atomic mass is 10.2. The monoisotopic (exact) mass is 369 g/mol. The number of nitrogens with one attached hydrogen (secondary N) is 2. The fraction of sp³-hybridized carbons (Fsp3) is 0.118. The number of methoxy groups -OCH3 is 1. The van der Waals surface area contributed by atoms with E-state index in [2.05, 4.69) is 25.6 Å². The SMILES string of the molecule is COc1ccc(NC(C)=O)cc1NC(=O)c1csc(-c2cnccn2)n1. The molecule has 0 aliphatic carbocycles. The third kappa shape index (κ3) is 4.01. The average Bonchev–Trinajstić information content (AvgIpc) is 3.12. The van der Waals surface area contributed by atoms with E-state index >= 15 is 0 Å². The first-order chi connectivity index (χ1) is 12.6. The summed E-state index contributed by atoms with van der Waals surface area (Å²) in [5.74, 6) is -0.132. The van der Waals surface area contributed by atoms with E-state index in [-0.39, 0.29) is 11.6 Å². The maximum absolute atomic E-state index is 12.5. The van der Waals surface area contributed by atoms with Crippen LogP contribution < -0.4 is 15.4 Å². The molecule has 2 amide bonds. The van der Waals surface area contributed by atoms with Gasteiger partial charge in [-0.15, -0.1) is 11.3 Å². The smallest absolute Gasteiger partial charge is 0.275 e. The van der Waals surface area contributed by atoms with Crippen molar-refractivity contribution < 1.29 is 14.3 Å². The molecule has 0 aliphatic rings. The molecule has 9 heteroatoms. The van der Waals surface area contributed by atoms with Crippen molar-refractivity contribution in [2.45, 2.75) is 6.92 Å². The van der Waals surface area contributed by atoms with Gasteiger partial charge >= 0.3 is 0 Å². The Bertz CT molecular complexity index is 943. The summed E-state index contributed by atoms with van der Waals surface area (Å²) in [5, 5.41) is 7.65. The average molecular weight is 369 g/mol. The second-order valence-electron chi connectivity index (χ2n) is 5.18. The second-order valence-corrected chi connectivity index (χ2v) is 6.04. The van der Waals surface area contributed by atoms with Crippen LogP contribution in [0.4, 0.5) is 11.4 Å². The molecule has 2 aromatic heterocycles. The number of hydrogen-bond acceptors (Lipinski definition) is 7. The minimum Gasteiger partial charge on any atom is -0.495 e. The summed E-state index contributed by atoms with van der Waals surface area (Å²) in [7, 11) is 1.50. The van der Waals surface area contributed by atoms with Crippen LogP contribution in [0.25, 0.3) is 10.7 Å². The van der Waals surface area contributed by atoms with Crippen molar-refractivity contribution in [3.8, 4) is 16.5 Å². The van der Waals surface area contributed by atoms with Gasteiger partial charge in [-0.3, -0.25) is 19.6 Å². The predicted molar refractivity (Wildman–Crippen MR) is 98.4 cm³/mol. The van der Waals surface area contributed by atoms with Gasteiger partial charge in [0.05, 0.1) is 19.0 Å². The number of carbonyl (C=O) groups excluding carboxylic acids is 2. The Balaban J connectivity index is 1.81. The Kier molecular flexibility index (Phi) is 5.18. The van der Waals surface area contributed by atoms with Gasteiger partial charge in [-0.1, -0.05) is 0 Å². The van der Waals surface area contributed by atoms with E-state index in [1.807, 2.05) is 0 Å². The maximum Gasteiger partial charge on any atom is 0.275 e. The highest BCUT2D eigenvalue weighted by Gasteiger charge is 2.15. The molecule has 2 N–H and O–H groups in total. The van der Waals surface area contributed by atoms with Crippen molar-refractivity contribution in [3.63, 3.8) is 0 Å². The highest BCUT2D eigenvalue weighted by atomic mass is 32.1. The zero-order chi connectivity index (χ0) is 18.5. The molecule has 0 spiro atoms. The van der Waals surface area contributed by atoms with E-state index in [1.54, 1.807) is 42.2 Å². The standard InChI is InChI=1S/C17H15N5O3S/c1-10(23)20-11-3-4-15(25-2)12(7-11)21-16(24)14-9-26-17(22-14)13-8-18-5-6-19-13/h3-9H,1-2H3,(H,20,23)(H,21,24). The molecule has 8 nitrogen and oxygen atoms in total. The van der Waals surface area contributed by atoms with E-state index in [9.17, 15) is 9.59 Å². The number of amides is 2. The van der Waals surface area contributed by atoms with Crippen molar-refractivity contribution >= 4 is 34.5 Å². The van der Waals surface area contributed by atoms with Crippen molar-refractivity contribution in [3.05, 3.63) is 47.9 Å². The summed E-state index contributed by atoms with van der Waals surface area (Å²) >= 11 is 1.30. The zero-order valence-electron chi connectivity index (χ0n) is 14.0. The molecule has 0 atom stereocenters. The highest BCUT2D eigenvalue weighted by molar-refractivity contribution is 7.13. The summed E-state index contributed by atoms with van der Waals surface area (Å²) in [6.45, 7) is 1.41. The topological polar surface area (TPSA) is 106 Å². The summed E-state index contributed by atoms with van der Waals surface area (Å²) in [6, 6.07) is 4.96. The minimum absolute atomic E-state index is 0.208. The van der Waals surface area contributed by atoms with Crippen LogP contribution in [-0.4, -0.2) is 33.9 Å². The number of ether oxygens (including phenoxy) is 1. The molecule has 132 valence electrons. The van der Waals surface area contributed by atoms with Crippen molar-refractivity contribution in [1.82, 2.24) is 15.0 Å². The molecule has 0 saturated heterocycles. The van der Waals surface area contributed by atoms with Crippen LogP contribution in [0.3, 0.4) is 0 Å². The number of aromatic nitrogens is 3. The van der Waals surface area contributed by atoms with E-state index < -0.39 is 5.91 Å². The van der Waals surface area contributed by atoms with E-state index in [4.69, 9.17) is 4.74 Å². The molecular formula is C17H15N5O3S. The van der Waals surface area contributed by atoms with Crippen molar-refractivity contribution in [2.24, 2.45) is 0 Å². The van der Waals surface area contributed by atoms with Crippen LogP contribution in [-0.2, 0) is 4.79 Å². The van der Waals surface area contributed by atoms with Crippen LogP contribution in [0.2, 0.25) is 0 Å². The molecule has 0 radical (unpaired) electrons. The fourth-order valence-electron chi connectivity index (χ4n) is 2.18. The van der Waals surface area contributed by atoms with Crippen molar-refractivity contribution in [2.75, 3.05) is 17.7 Å². The molecule has 0 aliphatic heterocycles.